The Balaban J connectivity index is 1.64. The van der Waals surface area contributed by atoms with Crippen LogP contribution in [-0.2, 0) is 6.42 Å². The molecule has 1 N–H and O–H groups in total. The fraction of sp³-hybridized carbons (Fsp3) is 0.214. The van der Waals surface area contributed by atoms with E-state index in [2.05, 4.69) is 46.9 Å². The molecule has 2 aromatic heterocycles. The Morgan fingerprint density at radius 3 is 3.00 bits per heavy atom. The predicted octanol–water partition coefficient (Wildman–Crippen LogP) is 4.32. The van der Waals surface area contributed by atoms with Gasteiger partial charge in [-0.05, 0) is 42.0 Å². The summed E-state index contributed by atoms with van der Waals surface area (Å²) in [5.41, 5.74) is 4.28. The van der Waals surface area contributed by atoms with E-state index in [0.717, 1.165) is 18.7 Å². The standard InChI is InChI=1S/C14H14N2S2/c1-10-13(18-9-16-10)4-6-15-12-2-3-14-11(8-12)5-7-17-14/h2-3,5,7-9,15H,4,6H2,1H3. The molecular formula is C14H14N2S2. The first-order valence-electron chi connectivity index (χ1n) is 5.93. The van der Waals surface area contributed by atoms with Crippen molar-refractivity contribution in [3.8, 4) is 0 Å². The molecule has 1 aromatic carbocycles. The van der Waals surface area contributed by atoms with E-state index in [1.807, 2.05) is 5.51 Å². The molecular weight excluding hydrogens is 260 g/mol. The molecule has 2 heterocycles. The molecule has 0 radical (unpaired) electrons. The third-order valence-electron chi connectivity index (χ3n) is 2.98. The molecule has 0 aliphatic carbocycles. The van der Waals surface area contributed by atoms with E-state index in [-0.39, 0.29) is 0 Å². The minimum atomic E-state index is 0.957. The van der Waals surface area contributed by atoms with Gasteiger partial charge in [-0.2, -0.15) is 0 Å². The van der Waals surface area contributed by atoms with Crippen LogP contribution in [0.3, 0.4) is 0 Å². The van der Waals surface area contributed by atoms with E-state index in [4.69, 9.17) is 0 Å². The maximum Gasteiger partial charge on any atom is 0.0797 e. The normalized spacial score (nSPS) is 10.9. The molecule has 0 fully saturated rings. The lowest BCUT2D eigenvalue weighted by Crippen LogP contribution is -2.04. The monoisotopic (exact) mass is 274 g/mol. The van der Waals surface area contributed by atoms with E-state index in [1.165, 1.54) is 20.7 Å². The smallest absolute Gasteiger partial charge is 0.0797 e. The van der Waals surface area contributed by atoms with Gasteiger partial charge in [-0.3, -0.25) is 0 Å². The van der Waals surface area contributed by atoms with E-state index in [1.54, 1.807) is 22.7 Å². The molecule has 0 saturated heterocycles. The highest BCUT2D eigenvalue weighted by Gasteiger charge is 2.01. The van der Waals surface area contributed by atoms with Gasteiger partial charge in [0.1, 0.15) is 0 Å². The summed E-state index contributed by atoms with van der Waals surface area (Å²) in [6.07, 6.45) is 1.04. The van der Waals surface area contributed by atoms with Crippen LogP contribution in [0.4, 0.5) is 5.69 Å². The molecule has 18 heavy (non-hydrogen) atoms. The van der Waals surface area contributed by atoms with Crippen LogP contribution in [0.1, 0.15) is 10.6 Å². The number of anilines is 1. The molecule has 0 atom stereocenters. The Labute approximate surface area is 114 Å². The zero-order valence-corrected chi connectivity index (χ0v) is 11.8. The first-order chi connectivity index (χ1) is 8.83. The highest BCUT2D eigenvalue weighted by molar-refractivity contribution is 7.17. The lowest BCUT2D eigenvalue weighted by molar-refractivity contribution is 1.02. The molecule has 0 unspecified atom stereocenters. The fourth-order valence-corrected chi connectivity index (χ4v) is 3.52. The van der Waals surface area contributed by atoms with Gasteiger partial charge >= 0.3 is 0 Å². The molecule has 2 nitrogen and oxygen atoms in total. The number of rotatable bonds is 4. The van der Waals surface area contributed by atoms with Crippen molar-refractivity contribution in [2.24, 2.45) is 0 Å². The summed E-state index contributed by atoms with van der Waals surface area (Å²) in [4.78, 5) is 5.64. The first kappa shape index (κ1) is 11.7. The van der Waals surface area contributed by atoms with Gasteiger partial charge in [0.05, 0.1) is 11.2 Å². The quantitative estimate of drug-likeness (QED) is 0.766. The second-order valence-corrected chi connectivity index (χ2v) is 6.10. The van der Waals surface area contributed by atoms with Gasteiger partial charge < -0.3 is 5.32 Å². The molecule has 0 spiro atoms. The number of hydrogen-bond acceptors (Lipinski definition) is 4. The van der Waals surface area contributed by atoms with Crippen molar-refractivity contribution in [3.05, 3.63) is 45.7 Å². The van der Waals surface area contributed by atoms with Crippen molar-refractivity contribution >= 4 is 38.4 Å². The second-order valence-electron chi connectivity index (χ2n) is 4.21. The number of hydrogen-bond donors (Lipinski definition) is 1. The molecule has 0 amide bonds. The van der Waals surface area contributed by atoms with Crippen LogP contribution < -0.4 is 5.32 Å². The SMILES string of the molecule is Cc1ncsc1CCNc1ccc2sccc2c1. The van der Waals surface area contributed by atoms with Gasteiger partial charge in [-0.1, -0.05) is 0 Å². The summed E-state index contributed by atoms with van der Waals surface area (Å²) in [7, 11) is 0. The van der Waals surface area contributed by atoms with E-state index < -0.39 is 0 Å². The third-order valence-corrected chi connectivity index (χ3v) is 4.87. The molecule has 4 heteroatoms. The molecule has 0 bridgehead atoms. The lowest BCUT2D eigenvalue weighted by atomic mass is 10.2. The Morgan fingerprint density at radius 1 is 1.22 bits per heavy atom. The summed E-state index contributed by atoms with van der Waals surface area (Å²) in [6, 6.07) is 8.71. The minimum absolute atomic E-state index is 0.957. The van der Waals surface area contributed by atoms with Gasteiger partial charge in [0.25, 0.3) is 0 Å². The summed E-state index contributed by atoms with van der Waals surface area (Å²) < 4.78 is 1.35. The summed E-state index contributed by atoms with van der Waals surface area (Å²) in [5.74, 6) is 0. The molecule has 92 valence electrons. The molecule has 0 aliphatic heterocycles. The molecule has 0 aliphatic rings. The topological polar surface area (TPSA) is 24.9 Å². The summed E-state index contributed by atoms with van der Waals surface area (Å²) >= 11 is 3.52. The number of nitrogens with zero attached hydrogens (tertiary/aromatic N) is 1. The molecule has 0 saturated carbocycles. The van der Waals surface area contributed by atoms with Crippen molar-refractivity contribution < 1.29 is 0 Å². The van der Waals surface area contributed by atoms with Crippen molar-refractivity contribution in [2.45, 2.75) is 13.3 Å². The van der Waals surface area contributed by atoms with Gasteiger partial charge in [0.15, 0.2) is 0 Å². The van der Waals surface area contributed by atoms with Crippen molar-refractivity contribution in [1.29, 1.82) is 0 Å². The number of aryl methyl sites for hydroxylation is 1. The average molecular weight is 274 g/mol. The Hall–Kier alpha value is -1.39. The Kier molecular flexibility index (Phi) is 3.30. The third kappa shape index (κ3) is 2.40. The van der Waals surface area contributed by atoms with E-state index in [9.17, 15) is 0 Å². The lowest BCUT2D eigenvalue weighted by Gasteiger charge is -2.05. The molecule has 3 rings (SSSR count). The maximum atomic E-state index is 4.27. The van der Waals surface area contributed by atoms with Crippen molar-refractivity contribution in [3.63, 3.8) is 0 Å². The fourth-order valence-electron chi connectivity index (χ4n) is 1.96. The van der Waals surface area contributed by atoms with Crippen LogP contribution >= 0.6 is 22.7 Å². The zero-order chi connectivity index (χ0) is 12.4. The number of fused-ring (bicyclic) bond motifs is 1. The Morgan fingerprint density at radius 2 is 2.17 bits per heavy atom. The number of thiazole rings is 1. The highest BCUT2D eigenvalue weighted by atomic mass is 32.1. The van der Waals surface area contributed by atoms with Gasteiger partial charge in [-0.15, -0.1) is 22.7 Å². The van der Waals surface area contributed by atoms with E-state index in [0.29, 0.717) is 0 Å². The number of benzene rings is 1. The number of nitrogens with one attached hydrogen (secondary N) is 1. The van der Waals surface area contributed by atoms with Crippen LogP contribution in [0.2, 0.25) is 0 Å². The van der Waals surface area contributed by atoms with Crippen molar-refractivity contribution in [2.75, 3.05) is 11.9 Å². The highest BCUT2D eigenvalue weighted by Crippen LogP contribution is 2.24. The maximum absolute atomic E-state index is 4.27. The Bertz CT molecular complexity index is 654. The van der Waals surface area contributed by atoms with Crippen LogP contribution in [0.5, 0.6) is 0 Å². The van der Waals surface area contributed by atoms with Crippen LogP contribution in [-0.4, -0.2) is 11.5 Å². The zero-order valence-electron chi connectivity index (χ0n) is 10.1. The number of aromatic nitrogens is 1. The largest absolute Gasteiger partial charge is 0.385 e. The van der Waals surface area contributed by atoms with Crippen LogP contribution in [0.15, 0.2) is 35.2 Å². The van der Waals surface area contributed by atoms with Crippen molar-refractivity contribution in [1.82, 2.24) is 4.98 Å². The average Bonchev–Trinajstić information content (AvgIpc) is 2.98. The van der Waals surface area contributed by atoms with Gasteiger partial charge in [0, 0.05) is 28.2 Å². The first-order valence-corrected chi connectivity index (χ1v) is 7.69. The second kappa shape index (κ2) is 5.08. The number of thiophene rings is 1. The van der Waals surface area contributed by atoms with Gasteiger partial charge in [-0.25, -0.2) is 4.98 Å². The van der Waals surface area contributed by atoms with Crippen LogP contribution in [0, 0.1) is 6.92 Å². The summed E-state index contributed by atoms with van der Waals surface area (Å²) in [5, 5.41) is 6.93. The summed E-state index contributed by atoms with van der Waals surface area (Å²) in [6.45, 7) is 3.03. The van der Waals surface area contributed by atoms with Gasteiger partial charge in [0.2, 0.25) is 0 Å². The predicted molar refractivity (Wildman–Crippen MR) is 80.9 cm³/mol. The molecule has 3 aromatic rings. The van der Waals surface area contributed by atoms with E-state index >= 15 is 0 Å². The minimum Gasteiger partial charge on any atom is -0.385 e. The van der Waals surface area contributed by atoms with Crippen LogP contribution in [0.25, 0.3) is 10.1 Å².